The van der Waals surface area contributed by atoms with Crippen molar-refractivity contribution in [1.82, 2.24) is 14.9 Å². The van der Waals surface area contributed by atoms with Crippen molar-refractivity contribution < 1.29 is 9.47 Å². The maximum absolute atomic E-state index is 5.27. The molecule has 0 bridgehead atoms. The Labute approximate surface area is 190 Å². The molecule has 3 aromatic rings. The summed E-state index contributed by atoms with van der Waals surface area (Å²) in [5.41, 5.74) is 3.44. The molecule has 1 aliphatic heterocycles. The molecule has 0 radical (unpaired) electrons. The summed E-state index contributed by atoms with van der Waals surface area (Å²) < 4.78 is 10.4. The summed E-state index contributed by atoms with van der Waals surface area (Å²) in [5, 5.41) is 4.58. The summed E-state index contributed by atoms with van der Waals surface area (Å²) in [4.78, 5) is 14.6. The van der Waals surface area contributed by atoms with E-state index in [0.29, 0.717) is 0 Å². The first-order valence-electron chi connectivity index (χ1n) is 11.3. The third kappa shape index (κ3) is 5.47. The smallest absolute Gasteiger partial charge is 0.145 e. The topological polar surface area (TPSA) is 62.8 Å². The number of nitrogens with zero attached hydrogens (tertiary/aromatic N) is 4. The van der Waals surface area contributed by atoms with Crippen LogP contribution in [0.15, 0.2) is 42.5 Å². The van der Waals surface area contributed by atoms with Gasteiger partial charge in [-0.05, 0) is 49.7 Å². The molecule has 1 N–H and O–H groups in total. The second-order valence-corrected chi connectivity index (χ2v) is 8.24. The van der Waals surface area contributed by atoms with Gasteiger partial charge in [0.05, 0.1) is 19.2 Å². The summed E-state index contributed by atoms with van der Waals surface area (Å²) >= 11 is 0. The molecule has 2 heterocycles. The summed E-state index contributed by atoms with van der Waals surface area (Å²) in [6.45, 7) is 8.37. The number of nitrogens with one attached hydrogen (secondary N) is 1. The Balaban J connectivity index is 1.42. The minimum absolute atomic E-state index is 0.736. The van der Waals surface area contributed by atoms with Crippen molar-refractivity contribution in [3.63, 3.8) is 0 Å². The monoisotopic (exact) mass is 435 g/mol. The predicted molar refractivity (Wildman–Crippen MR) is 130 cm³/mol. The van der Waals surface area contributed by atoms with Crippen LogP contribution in [0.3, 0.4) is 0 Å². The van der Waals surface area contributed by atoms with Crippen LogP contribution in [-0.2, 0) is 11.3 Å². The van der Waals surface area contributed by atoms with Crippen LogP contribution in [0.4, 0.5) is 11.5 Å². The average Bonchev–Trinajstić information content (AvgIpc) is 2.83. The number of aromatic nitrogens is 2. The fraction of sp³-hybridized carbons (Fsp3) is 0.440. The largest absolute Gasteiger partial charge is 0.497 e. The third-order valence-corrected chi connectivity index (χ3v) is 5.89. The third-order valence-electron chi connectivity index (χ3n) is 5.89. The highest BCUT2D eigenvalue weighted by atomic mass is 16.5. The molecule has 1 aromatic heterocycles. The lowest BCUT2D eigenvalue weighted by Crippen LogP contribution is -2.46. The Bertz CT molecular complexity index is 1020. The molecular weight excluding hydrogens is 402 g/mol. The highest BCUT2D eigenvalue weighted by molar-refractivity contribution is 5.89. The van der Waals surface area contributed by atoms with E-state index in [1.165, 1.54) is 11.3 Å². The van der Waals surface area contributed by atoms with Crippen LogP contribution in [-0.4, -0.2) is 68.4 Å². The van der Waals surface area contributed by atoms with E-state index in [4.69, 9.17) is 19.4 Å². The summed E-state index contributed by atoms with van der Waals surface area (Å²) in [6.07, 6.45) is 0.941. The lowest BCUT2D eigenvalue weighted by Gasteiger charge is -2.35. The zero-order valence-corrected chi connectivity index (χ0v) is 19.3. The van der Waals surface area contributed by atoms with E-state index in [1.54, 1.807) is 14.2 Å². The molecule has 0 unspecified atom stereocenters. The number of fused-ring (bicyclic) bond motifs is 1. The van der Waals surface area contributed by atoms with Gasteiger partial charge in [-0.3, -0.25) is 4.90 Å². The van der Waals surface area contributed by atoms with Crippen molar-refractivity contribution in [2.75, 3.05) is 63.8 Å². The van der Waals surface area contributed by atoms with Gasteiger partial charge >= 0.3 is 0 Å². The van der Waals surface area contributed by atoms with E-state index >= 15 is 0 Å². The lowest BCUT2D eigenvalue weighted by molar-refractivity contribution is 0.198. The van der Waals surface area contributed by atoms with Crippen LogP contribution >= 0.6 is 0 Å². The Morgan fingerprint density at radius 2 is 1.75 bits per heavy atom. The second kappa shape index (κ2) is 10.6. The Morgan fingerprint density at radius 3 is 2.47 bits per heavy atom. The number of aryl methyl sites for hydroxylation is 1. The van der Waals surface area contributed by atoms with Gasteiger partial charge < -0.3 is 19.7 Å². The van der Waals surface area contributed by atoms with Crippen molar-refractivity contribution in [2.45, 2.75) is 19.9 Å². The zero-order chi connectivity index (χ0) is 22.3. The van der Waals surface area contributed by atoms with Gasteiger partial charge in [0.1, 0.15) is 17.4 Å². The number of rotatable bonds is 9. The van der Waals surface area contributed by atoms with Gasteiger partial charge in [-0.1, -0.05) is 11.6 Å². The van der Waals surface area contributed by atoms with E-state index < -0.39 is 0 Å². The summed E-state index contributed by atoms with van der Waals surface area (Å²) in [5.74, 6) is 2.68. The van der Waals surface area contributed by atoms with Crippen molar-refractivity contribution in [3.05, 3.63) is 53.9 Å². The molecule has 170 valence electrons. The van der Waals surface area contributed by atoms with Gasteiger partial charge in [0.25, 0.3) is 0 Å². The van der Waals surface area contributed by atoms with Crippen molar-refractivity contribution in [1.29, 1.82) is 0 Å². The predicted octanol–water partition coefficient (Wildman–Crippen LogP) is 3.72. The first kappa shape index (κ1) is 22.3. The fourth-order valence-corrected chi connectivity index (χ4v) is 4.08. The van der Waals surface area contributed by atoms with Crippen LogP contribution in [0.1, 0.15) is 17.8 Å². The standard InChI is InChI=1S/C25H33N5O2/c1-19-5-10-23-22(17-19)25(26-11-4-16-31-2)28-24(27-23)18-29-12-14-30(15-13-29)20-6-8-21(32-3)9-7-20/h5-10,17H,4,11-16,18H2,1-3H3,(H,26,27,28). The molecule has 0 amide bonds. The van der Waals surface area contributed by atoms with Gasteiger partial charge in [0, 0.05) is 57.5 Å². The van der Waals surface area contributed by atoms with E-state index in [9.17, 15) is 0 Å². The first-order chi connectivity index (χ1) is 15.7. The van der Waals surface area contributed by atoms with Crippen molar-refractivity contribution >= 4 is 22.4 Å². The van der Waals surface area contributed by atoms with E-state index in [0.717, 1.165) is 80.6 Å². The molecular formula is C25H33N5O2. The minimum Gasteiger partial charge on any atom is -0.497 e. The maximum Gasteiger partial charge on any atom is 0.145 e. The number of benzene rings is 2. The summed E-state index contributed by atoms with van der Waals surface area (Å²) in [7, 11) is 3.43. The molecule has 4 rings (SSSR count). The average molecular weight is 436 g/mol. The zero-order valence-electron chi connectivity index (χ0n) is 19.3. The van der Waals surface area contributed by atoms with Crippen LogP contribution < -0.4 is 15.0 Å². The first-order valence-corrected chi connectivity index (χ1v) is 11.3. The molecule has 1 aliphatic rings. The Morgan fingerprint density at radius 1 is 0.969 bits per heavy atom. The van der Waals surface area contributed by atoms with Crippen molar-refractivity contribution in [2.24, 2.45) is 0 Å². The SMILES string of the molecule is COCCCNc1nc(CN2CCN(c3ccc(OC)cc3)CC2)nc2ccc(C)cc12. The fourth-order valence-electron chi connectivity index (χ4n) is 4.08. The number of anilines is 2. The van der Waals surface area contributed by atoms with Crippen molar-refractivity contribution in [3.8, 4) is 5.75 Å². The van der Waals surface area contributed by atoms with E-state index in [1.807, 2.05) is 12.1 Å². The van der Waals surface area contributed by atoms with Gasteiger partial charge in [0.2, 0.25) is 0 Å². The molecule has 0 aliphatic carbocycles. The highest BCUT2D eigenvalue weighted by Gasteiger charge is 2.19. The number of ether oxygens (including phenoxy) is 2. The molecule has 32 heavy (non-hydrogen) atoms. The highest BCUT2D eigenvalue weighted by Crippen LogP contribution is 2.24. The molecule has 0 spiro atoms. The van der Waals surface area contributed by atoms with Crippen LogP contribution in [0.25, 0.3) is 10.9 Å². The Hall–Kier alpha value is -2.90. The van der Waals surface area contributed by atoms with Crippen LogP contribution in [0, 0.1) is 6.92 Å². The maximum atomic E-state index is 5.27. The second-order valence-electron chi connectivity index (χ2n) is 8.24. The van der Waals surface area contributed by atoms with Gasteiger partial charge in [0.15, 0.2) is 0 Å². The van der Waals surface area contributed by atoms with Crippen LogP contribution in [0.2, 0.25) is 0 Å². The summed E-state index contributed by atoms with van der Waals surface area (Å²) in [6, 6.07) is 14.7. The number of piperazine rings is 1. The Kier molecular flexibility index (Phi) is 7.39. The quantitative estimate of drug-likeness (QED) is 0.514. The molecule has 1 saturated heterocycles. The number of hydrogen-bond donors (Lipinski definition) is 1. The minimum atomic E-state index is 0.736. The molecule has 7 heteroatoms. The van der Waals surface area contributed by atoms with Crippen LogP contribution in [0.5, 0.6) is 5.75 Å². The normalized spacial score (nSPS) is 14.7. The molecule has 0 atom stereocenters. The molecule has 2 aromatic carbocycles. The molecule has 1 fully saturated rings. The number of methoxy groups -OCH3 is 2. The van der Waals surface area contributed by atoms with Gasteiger partial charge in [-0.15, -0.1) is 0 Å². The number of hydrogen-bond acceptors (Lipinski definition) is 7. The lowest BCUT2D eigenvalue weighted by atomic mass is 10.1. The molecule has 7 nitrogen and oxygen atoms in total. The molecule has 0 saturated carbocycles. The van der Waals surface area contributed by atoms with E-state index in [-0.39, 0.29) is 0 Å². The van der Waals surface area contributed by atoms with Gasteiger partial charge in [-0.2, -0.15) is 0 Å². The van der Waals surface area contributed by atoms with E-state index in [2.05, 4.69) is 52.4 Å². The van der Waals surface area contributed by atoms with Gasteiger partial charge in [-0.25, -0.2) is 9.97 Å².